The first-order valence-corrected chi connectivity index (χ1v) is 14.5. The van der Waals surface area contributed by atoms with Gasteiger partial charge in [0, 0.05) is 25.2 Å². The van der Waals surface area contributed by atoms with Crippen LogP contribution in [0.15, 0.2) is 71.9 Å². The first kappa shape index (κ1) is 28.0. The van der Waals surface area contributed by atoms with E-state index in [1.54, 1.807) is 0 Å². The number of esters is 1. The molecule has 0 radical (unpaired) electrons. The second kappa shape index (κ2) is 12.3. The molecule has 6 rings (SSSR count). The number of aliphatic hydroxyl groups is 1. The lowest BCUT2D eigenvalue weighted by Gasteiger charge is -2.52. The Morgan fingerprint density at radius 1 is 1.08 bits per heavy atom. The van der Waals surface area contributed by atoms with Gasteiger partial charge in [0.1, 0.15) is 12.3 Å². The number of ether oxygens (including phenoxy) is 2. The summed E-state index contributed by atoms with van der Waals surface area (Å²) in [6, 6.07) is 15.5. The maximum Gasteiger partial charge on any atom is 0.349 e. The molecule has 3 aromatic rings. The van der Waals surface area contributed by atoms with Gasteiger partial charge in [0.2, 0.25) is 5.60 Å². The van der Waals surface area contributed by atoms with Crippen LogP contribution in [0.4, 0.5) is 0 Å². The number of allylic oxidation sites excluding steroid dienone is 1. The van der Waals surface area contributed by atoms with Crippen molar-refractivity contribution in [3.05, 3.63) is 87.3 Å². The van der Waals surface area contributed by atoms with Crippen molar-refractivity contribution in [2.75, 3.05) is 32.8 Å². The molecule has 37 heavy (non-hydrogen) atoms. The molecular weight excluding hydrogens is 570 g/mol. The zero-order chi connectivity index (χ0) is 25.0. The fourth-order valence-corrected chi connectivity index (χ4v) is 7.45. The number of hydrogen-bond donors (Lipinski definition) is 1. The lowest BCUT2D eigenvalue weighted by Crippen LogP contribution is -3.00. The molecule has 5 nitrogen and oxygen atoms in total. The quantitative estimate of drug-likeness (QED) is 0.158. The average molecular weight is 605 g/mol. The highest BCUT2D eigenvalue weighted by molar-refractivity contribution is 7.12. The van der Waals surface area contributed by atoms with E-state index in [4.69, 9.17) is 9.47 Å². The Hall–Kier alpha value is -1.97. The molecule has 2 aromatic heterocycles. The molecule has 3 saturated heterocycles. The van der Waals surface area contributed by atoms with Gasteiger partial charge in [-0.3, -0.25) is 0 Å². The molecule has 1 aromatic carbocycles. The first-order valence-electron chi connectivity index (χ1n) is 12.7. The van der Waals surface area contributed by atoms with E-state index in [9.17, 15) is 9.90 Å². The lowest BCUT2D eigenvalue weighted by molar-refractivity contribution is -0.946. The van der Waals surface area contributed by atoms with Crippen LogP contribution in [0.2, 0.25) is 0 Å². The molecule has 1 N–H and O–H groups in total. The Morgan fingerprint density at radius 3 is 2.38 bits per heavy atom. The van der Waals surface area contributed by atoms with Crippen LogP contribution >= 0.6 is 22.7 Å². The van der Waals surface area contributed by atoms with Crippen molar-refractivity contribution in [3.63, 3.8) is 0 Å². The van der Waals surface area contributed by atoms with Crippen molar-refractivity contribution in [2.24, 2.45) is 5.92 Å². The van der Waals surface area contributed by atoms with Crippen LogP contribution in [0.1, 0.15) is 34.6 Å². The van der Waals surface area contributed by atoms with Gasteiger partial charge in [0.25, 0.3) is 0 Å². The Bertz CT molecular complexity index is 1120. The van der Waals surface area contributed by atoms with Gasteiger partial charge < -0.3 is 36.0 Å². The normalized spacial score (nSPS) is 22.7. The van der Waals surface area contributed by atoms with Crippen molar-refractivity contribution < 1.29 is 40.8 Å². The summed E-state index contributed by atoms with van der Waals surface area (Å²) in [5, 5.41) is 15.4. The smallest absolute Gasteiger partial charge is 0.349 e. The molecule has 0 aliphatic carbocycles. The van der Waals surface area contributed by atoms with Gasteiger partial charge in [-0.05, 0) is 40.9 Å². The molecule has 0 unspecified atom stereocenters. The number of benzene rings is 1. The minimum absolute atomic E-state index is 0. The van der Waals surface area contributed by atoms with Gasteiger partial charge in [-0.15, -0.1) is 29.3 Å². The number of nitrogens with zero attached hydrogens (tertiary/aromatic N) is 1. The largest absolute Gasteiger partial charge is 1.00 e. The summed E-state index contributed by atoms with van der Waals surface area (Å²) in [5.41, 5.74) is -0.583. The number of thiophene rings is 2. The van der Waals surface area contributed by atoms with E-state index in [0.717, 1.165) is 67.7 Å². The van der Waals surface area contributed by atoms with Crippen molar-refractivity contribution in [2.45, 2.75) is 37.4 Å². The fourth-order valence-electron chi connectivity index (χ4n) is 5.73. The maximum atomic E-state index is 13.5. The van der Waals surface area contributed by atoms with Crippen molar-refractivity contribution >= 4 is 28.6 Å². The zero-order valence-corrected chi connectivity index (χ0v) is 24.1. The molecule has 2 bridgehead atoms. The van der Waals surface area contributed by atoms with E-state index >= 15 is 0 Å². The minimum Gasteiger partial charge on any atom is -1.00 e. The molecular formula is C29H34BrNO4S2. The van der Waals surface area contributed by atoms with Crippen LogP contribution in [-0.2, 0) is 21.6 Å². The highest BCUT2D eigenvalue weighted by Crippen LogP contribution is 2.40. The number of quaternary nitrogens is 1. The summed E-state index contributed by atoms with van der Waals surface area (Å²) < 4.78 is 13.2. The van der Waals surface area contributed by atoms with Crippen LogP contribution < -0.4 is 21.7 Å². The first-order chi connectivity index (χ1) is 17.5. The van der Waals surface area contributed by atoms with Gasteiger partial charge in [0.05, 0.1) is 36.0 Å². The summed E-state index contributed by atoms with van der Waals surface area (Å²) in [7, 11) is 0. The fraction of sp³-hybridized carbons (Fsp3) is 0.414. The zero-order valence-electron chi connectivity index (χ0n) is 20.9. The number of halogens is 1. The van der Waals surface area contributed by atoms with Crippen molar-refractivity contribution in [3.8, 4) is 5.75 Å². The maximum absolute atomic E-state index is 13.5. The Morgan fingerprint density at radius 2 is 1.76 bits per heavy atom. The molecule has 3 aliphatic heterocycles. The minimum atomic E-state index is -1.74. The van der Waals surface area contributed by atoms with Gasteiger partial charge in [0.15, 0.2) is 6.10 Å². The summed E-state index contributed by atoms with van der Waals surface area (Å²) in [6.07, 6.45) is 5.59. The SMILES string of the molecule is C=CCc1ccccc1OCCC[N+]12CCC(CC1)[C@@H](OC(=O)C(O)(c1cccs1)c1cccs1)C2.[Br-]. The number of carbonyl (C=O) groups is 1. The number of hydrogen-bond acceptors (Lipinski definition) is 6. The molecule has 0 saturated carbocycles. The molecule has 8 heteroatoms. The van der Waals surface area contributed by atoms with E-state index in [0.29, 0.717) is 22.3 Å². The van der Waals surface area contributed by atoms with E-state index in [-0.39, 0.29) is 23.1 Å². The molecule has 3 fully saturated rings. The van der Waals surface area contributed by atoms with Gasteiger partial charge >= 0.3 is 5.97 Å². The summed E-state index contributed by atoms with van der Waals surface area (Å²) in [5.74, 6) is 0.751. The molecule has 198 valence electrons. The van der Waals surface area contributed by atoms with E-state index in [2.05, 4.69) is 12.6 Å². The van der Waals surface area contributed by atoms with Crippen LogP contribution in [0, 0.1) is 5.92 Å². The van der Waals surface area contributed by atoms with Crippen LogP contribution in [0.5, 0.6) is 5.75 Å². The summed E-state index contributed by atoms with van der Waals surface area (Å²) in [4.78, 5) is 14.7. The second-order valence-electron chi connectivity index (χ2n) is 9.94. The number of fused-ring (bicyclic) bond motifs is 3. The van der Waals surface area contributed by atoms with E-state index in [1.165, 1.54) is 22.7 Å². The average Bonchev–Trinajstić information content (AvgIpc) is 3.63. The third kappa shape index (κ3) is 5.88. The lowest BCUT2D eigenvalue weighted by atomic mass is 9.83. The Kier molecular flexibility index (Phi) is 9.29. The molecule has 0 amide bonds. The summed E-state index contributed by atoms with van der Waals surface area (Å²) >= 11 is 2.76. The van der Waals surface area contributed by atoms with Gasteiger partial charge in [-0.2, -0.15) is 0 Å². The predicted octanol–water partition coefficient (Wildman–Crippen LogP) is 2.40. The standard InChI is InChI=1S/C29H34NO4S2.BrH/c1-2-8-22-9-3-4-10-24(22)33-18-7-15-30-16-13-23(14-17-30)25(21-30)34-28(31)29(32,26-11-5-19-35-26)27-12-6-20-36-27;/h2-6,9-12,19-20,23,25,32H,1,7-8,13-18,21H2;1H/q+1;/p-1/t23?,25-,30?;/m0./s1. The van der Waals surface area contributed by atoms with Crippen molar-refractivity contribution in [1.29, 1.82) is 0 Å². The third-order valence-electron chi connectivity index (χ3n) is 7.72. The number of piperidine rings is 3. The van der Waals surface area contributed by atoms with E-state index in [1.807, 2.05) is 59.3 Å². The molecule has 1 atom stereocenters. The van der Waals surface area contributed by atoms with Crippen LogP contribution in [0.25, 0.3) is 0 Å². The highest BCUT2D eigenvalue weighted by atomic mass is 79.9. The van der Waals surface area contributed by atoms with Crippen molar-refractivity contribution in [1.82, 2.24) is 0 Å². The number of para-hydroxylation sites is 1. The van der Waals surface area contributed by atoms with Crippen LogP contribution in [0.3, 0.4) is 0 Å². The Labute approximate surface area is 237 Å². The molecule has 5 heterocycles. The van der Waals surface area contributed by atoms with E-state index < -0.39 is 11.6 Å². The number of carbonyl (C=O) groups excluding carboxylic acids is 1. The number of rotatable bonds is 11. The second-order valence-corrected chi connectivity index (χ2v) is 11.8. The highest BCUT2D eigenvalue weighted by Gasteiger charge is 2.51. The summed E-state index contributed by atoms with van der Waals surface area (Å²) in [6.45, 7) is 8.56. The molecule has 0 spiro atoms. The van der Waals surface area contributed by atoms with Gasteiger partial charge in [-0.25, -0.2) is 4.79 Å². The third-order valence-corrected chi connectivity index (χ3v) is 9.68. The van der Waals surface area contributed by atoms with Gasteiger partial charge in [-0.1, -0.05) is 36.4 Å². The molecule has 3 aliphatic rings. The Balaban J connectivity index is 0.00000320. The van der Waals surface area contributed by atoms with Crippen LogP contribution in [-0.4, -0.2) is 54.4 Å². The topological polar surface area (TPSA) is 55.8 Å². The predicted molar refractivity (Wildman–Crippen MR) is 144 cm³/mol. The monoisotopic (exact) mass is 603 g/mol.